The number of benzene rings is 8. The Hall–Kier alpha value is -7.44. The number of ether oxygens (including phenoxy) is 2. The Labute approximate surface area is 361 Å². The van der Waals surface area contributed by atoms with Crippen molar-refractivity contribution < 1.29 is 19.7 Å². The number of nitrogens with zero attached hydrogens (tertiary/aromatic N) is 2. The first-order chi connectivity index (χ1) is 30.2. The summed E-state index contributed by atoms with van der Waals surface area (Å²) < 4.78 is 18.0. The van der Waals surface area contributed by atoms with E-state index in [9.17, 15) is 10.2 Å². The fourth-order valence-corrected chi connectivity index (χ4v) is 9.22. The van der Waals surface area contributed by atoms with E-state index in [2.05, 4.69) is 117 Å². The highest BCUT2D eigenvalue weighted by Crippen LogP contribution is 2.45. The van der Waals surface area contributed by atoms with E-state index in [1.165, 1.54) is 0 Å². The van der Waals surface area contributed by atoms with Crippen LogP contribution in [0.25, 0.3) is 77.2 Å². The largest absolute Gasteiger partial charge is 0.505 e. The third kappa shape index (κ3) is 6.51. The molecule has 6 heteroatoms. The second kappa shape index (κ2) is 15.5. The Morgan fingerprint density at radius 1 is 0.387 bits per heavy atom. The predicted molar refractivity (Wildman–Crippen MR) is 255 cm³/mol. The van der Waals surface area contributed by atoms with Crippen molar-refractivity contribution in [3.8, 4) is 56.6 Å². The van der Waals surface area contributed by atoms with Gasteiger partial charge in [-0.15, -0.1) is 0 Å². The van der Waals surface area contributed by atoms with Crippen molar-refractivity contribution in [2.24, 2.45) is 5.92 Å². The minimum atomic E-state index is -0.267. The first-order valence-corrected chi connectivity index (χ1v) is 21.3. The fourth-order valence-electron chi connectivity index (χ4n) is 9.22. The number of phenols is 2. The van der Waals surface area contributed by atoms with E-state index in [0.717, 1.165) is 77.2 Å². The van der Waals surface area contributed by atoms with Crippen molar-refractivity contribution in [1.82, 2.24) is 9.13 Å². The molecule has 0 radical (unpaired) electrons. The molecule has 10 rings (SSSR count). The molecule has 0 aliphatic heterocycles. The zero-order valence-electron chi connectivity index (χ0n) is 35.5. The number of aryl methyl sites for hydroxylation is 2. The quantitative estimate of drug-likeness (QED) is 0.144. The number of aromatic hydroxyl groups is 2. The Balaban J connectivity index is 0.952. The second-order valence-electron chi connectivity index (χ2n) is 16.6. The lowest BCUT2D eigenvalue weighted by molar-refractivity contribution is 0.0706. The standard InChI is InChI=1S/C56H48N2O4/c1-34-30-45(55(59)51(32-34)57-47-24-12-6-18-39(47)40-19-7-13-25-48(40)57)43-22-10-16-28-53(43)61-37(4)36(3)38(5)62-54-29-17-11-23-44(54)46-31-35(2)33-52(56(46)60)58-49-26-14-8-20-41(49)42-21-9-15-27-50(42)58/h6-33,36-38,59-60H,1-5H3/t36?,37-,38?/m0/s1. The van der Waals surface area contributed by atoms with Crippen molar-refractivity contribution in [3.05, 3.63) is 181 Å². The molecule has 0 bridgehead atoms. The SMILES string of the molecule is Cc1cc(-c2ccccc2OC(C)C(C)[C@H](C)Oc2ccccc2-c2cc(C)cc(-n3c4ccccc4c4ccccc43)c2O)c(O)c(-n2c3ccccc3c3ccccc32)c1. The van der Waals surface area contributed by atoms with Gasteiger partial charge in [0.1, 0.15) is 35.2 Å². The predicted octanol–water partition coefficient (Wildman–Crippen LogP) is 14.1. The average molecular weight is 813 g/mol. The van der Waals surface area contributed by atoms with Gasteiger partial charge in [-0.2, -0.15) is 0 Å². The maximum absolute atomic E-state index is 12.2. The van der Waals surface area contributed by atoms with Crippen molar-refractivity contribution >= 4 is 43.6 Å². The van der Waals surface area contributed by atoms with Crippen LogP contribution in [0.5, 0.6) is 23.0 Å². The van der Waals surface area contributed by atoms with E-state index in [4.69, 9.17) is 9.47 Å². The van der Waals surface area contributed by atoms with Gasteiger partial charge in [-0.3, -0.25) is 0 Å². The van der Waals surface area contributed by atoms with Crippen LogP contribution < -0.4 is 9.47 Å². The van der Waals surface area contributed by atoms with Crippen molar-refractivity contribution in [2.75, 3.05) is 0 Å². The highest BCUT2D eigenvalue weighted by atomic mass is 16.5. The Morgan fingerprint density at radius 2 is 0.694 bits per heavy atom. The molecule has 2 aromatic heterocycles. The minimum absolute atomic E-state index is 0.0605. The first-order valence-electron chi connectivity index (χ1n) is 21.3. The lowest BCUT2D eigenvalue weighted by Crippen LogP contribution is -2.33. The summed E-state index contributed by atoms with van der Waals surface area (Å²) in [5, 5.41) is 28.9. The number of hydrogen-bond acceptors (Lipinski definition) is 4. The van der Waals surface area contributed by atoms with Crippen LogP contribution >= 0.6 is 0 Å². The molecule has 2 unspecified atom stereocenters. The highest BCUT2D eigenvalue weighted by Gasteiger charge is 2.27. The summed E-state index contributed by atoms with van der Waals surface area (Å²) in [7, 11) is 0. The number of phenolic OH excluding ortho intramolecular Hbond substituents is 2. The Morgan fingerprint density at radius 3 is 1.05 bits per heavy atom. The van der Waals surface area contributed by atoms with Crippen molar-refractivity contribution in [3.63, 3.8) is 0 Å². The maximum atomic E-state index is 12.2. The Kier molecular flexibility index (Phi) is 9.71. The summed E-state index contributed by atoms with van der Waals surface area (Å²) in [6, 6.07) is 57.3. The second-order valence-corrected chi connectivity index (χ2v) is 16.6. The molecule has 0 spiro atoms. The topological polar surface area (TPSA) is 68.8 Å². The molecule has 0 saturated heterocycles. The smallest absolute Gasteiger partial charge is 0.147 e. The monoisotopic (exact) mass is 812 g/mol. The van der Waals surface area contributed by atoms with E-state index < -0.39 is 0 Å². The Bertz CT molecular complexity index is 2990. The summed E-state index contributed by atoms with van der Waals surface area (Å²) in [6.45, 7) is 10.4. The maximum Gasteiger partial charge on any atom is 0.147 e. The van der Waals surface area contributed by atoms with E-state index >= 15 is 0 Å². The molecule has 8 aromatic carbocycles. The summed E-state index contributed by atoms with van der Waals surface area (Å²) in [6.07, 6.45) is -0.535. The fraction of sp³-hybridized carbons (Fsp3) is 0.143. The van der Waals surface area contributed by atoms with Gasteiger partial charge in [-0.1, -0.05) is 116 Å². The molecule has 2 heterocycles. The van der Waals surface area contributed by atoms with Gasteiger partial charge in [0.2, 0.25) is 0 Å². The van der Waals surface area contributed by atoms with Gasteiger partial charge in [0.05, 0.1) is 33.4 Å². The third-order valence-corrected chi connectivity index (χ3v) is 12.6. The van der Waals surface area contributed by atoms with E-state index in [1.807, 2.05) is 97.1 Å². The lowest BCUT2D eigenvalue weighted by atomic mass is 9.97. The molecule has 2 N–H and O–H groups in total. The molecule has 0 aliphatic carbocycles. The zero-order valence-corrected chi connectivity index (χ0v) is 35.5. The van der Waals surface area contributed by atoms with Crippen LogP contribution in [0.3, 0.4) is 0 Å². The van der Waals surface area contributed by atoms with E-state index in [-0.39, 0.29) is 29.6 Å². The third-order valence-electron chi connectivity index (χ3n) is 12.6. The van der Waals surface area contributed by atoms with Gasteiger partial charge in [-0.05, 0) is 99.5 Å². The molecule has 0 saturated carbocycles. The molecule has 3 atom stereocenters. The molecule has 0 aliphatic rings. The normalized spacial score (nSPS) is 13.2. The molecule has 0 fully saturated rings. The molecule has 10 aromatic rings. The highest BCUT2D eigenvalue weighted by molar-refractivity contribution is 6.10. The molecule has 62 heavy (non-hydrogen) atoms. The van der Waals surface area contributed by atoms with Gasteiger partial charge < -0.3 is 28.8 Å². The van der Waals surface area contributed by atoms with Crippen molar-refractivity contribution in [1.29, 1.82) is 0 Å². The summed E-state index contributed by atoms with van der Waals surface area (Å²) in [5.74, 6) is 1.67. The number of rotatable bonds is 10. The number of hydrogen-bond donors (Lipinski definition) is 2. The van der Waals surface area contributed by atoms with Gasteiger partial charge in [0.15, 0.2) is 0 Å². The average Bonchev–Trinajstić information content (AvgIpc) is 3.81. The lowest BCUT2D eigenvalue weighted by Gasteiger charge is -2.29. The van der Waals surface area contributed by atoms with Crippen LogP contribution in [0, 0.1) is 19.8 Å². The molecular formula is C56H48N2O4. The molecule has 306 valence electrons. The van der Waals surface area contributed by atoms with Crippen LogP contribution in [-0.4, -0.2) is 31.6 Å². The molecular weight excluding hydrogens is 765 g/mol. The minimum Gasteiger partial charge on any atom is -0.505 e. The van der Waals surface area contributed by atoms with Crippen LogP contribution in [0.1, 0.15) is 31.9 Å². The zero-order chi connectivity index (χ0) is 42.6. The summed E-state index contributed by atoms with van der Waals surface area (Å²) >= 11 is 0. The van der Waals surface area contributed by atoms with Gasteiger partial charge in [0.25, 0.3) is 0 Å². The van der Waals surface area contributed by atoms with Gasteiger partial charge in [-0.25, -0.2) is 0 Å². The van der Waals surface area contributed by atoms with E-state index in [1.54, 1.807) is 0 Å². The number of para-hydroxylation sites is 6. The van der Waals surface area contributed by atoms with Crippen LogP contribution in [0.2, 0.25) is 0 Å². The van der Waals surface area contributed by atoms with Crippen LogP contribution in [0.4, 0.5) is 0 Å². The summed E-state index contributed by atoms with van der Waals surface area (Å²) in [5.41, 5.74) is 10.6. The molecule has 6 nitrogen and oxygen atoms in total. The van der Waals surface area contributed by atoms with Gasteiger partial charge in [0, 0.05) is 49.7 Å². The van der Waals surface area contributed by atoms with Crippen molar-refractivity contribution in [2.45, 2.75) is 46.8 Å². The van der Waals surface area contributed by atoms with E-state index in [0.29, 0.717) is 22.6 Å². The number of fused-ring (bicyclic) bond motifs is 6. The van der Waals surface area contributed by atoms with Gasteiger partial charge >= 0.3 is 0 Å². The summed E-state index contributed by atoms with van der Waals surface area (Å²) in [4.78, 5) is 0. The van der Waals surface area contributed by atoms with Crippen LogP contribution in [0.15, 0.2) is 170 Å². The molecule has 0 amide bonds. The number of aromatic nitrogens is 2. The first kappa shape index (κ1) is 38.7. The van der Waals surface area contributed by atoms with Crippen LogP contribution in [-0.2, 0) is 0 Å².